The van der Waals surface area contributed by atoms with Crippen molar-refractivity contribution in [2.24, 2.45) is 5.92 Å². The van der Waals surface area contributed by atoms with Gasteiger partial charge in [0.25, 0.3) is 0 Å². The molecule has 1 aliphatic heterocycles. The molecule has 0 aromatic carbocycles. The minimum atomic E-state index is -1.27. The van der Waals surface area contributed by atoms with E-state index in [0.717, 1.165) is 5.76 Å². The van der Waals surface area contributed by atoms with Gasteiger partial charge in [-0.3, -0.25) is 4.79 Å². The fourth-order valence-electron chi connectivity index (χ4n) is 3.61. The van der Waals surface area contributed by atoms with Gasteiger partial charge in [0.1, 0.15) is 5.76 Å². The van der Waals surface area contributed by atoms with Gasteiger partial charge in [-0.05, 0) is 37.0 Å². The highest BCUT2D eigenvalue weighted by atomic mass is 19.1. The van der Waals surface area contributed by atoms with E-state index >= 15 is 0 Å². The van der Waals surface area contributed by atoms with E-state index < -0.39 is 11.5 Å². The molecule has 1 amide bonds. The molecule has 6 heteroatoms. The number of rotatable bonds is 5. The van der Waals surface area contributed by atoms with Crippen molar-refractivity contribution in [3.63, 3.8) is 0 Å². The molecule has 140 valence electrons. The monoisotopic (exact) mass is 360 g/mol. The van der Waals surface area contributed by atoms with Crippen LogP contribution in [0.3, 0.4) is 0 Å². The zero-order chi connectivity index (χ0) is 18.7. The Hall–Kier alpha value is -2.21. The molecule has 2 aromatic rings. The first-order valence-corrected chi connectivity index (χ1v) is 9.05. The number of carbonyl (C=O) groups excluding carboxylic acids is 1. The first-order chi connectivity index (χ1) is 12.4. The molecule has 1 saturated heterocycles. The van der Waals surface area contributed by atoms with E-state index in [-0.39, 0.29) is 23.3 Å². The largest absolute Gasteiger partial charge is 0.469 e. The summed E-state index contributed by atoms with van der Waals surface area (Å²) < 4.78 is 19.4. The van der Waals surface area contributed by atoms with Crippen LogP contribution in [0.25, 0.3) is 0 Å². The molecule has 5 nitrogen and oxygen atoms in total. The van der Waals surface area contributed by atoms with Crippen LogP contribution in [0.5, 0.6) is 0 Å². The second-order valence-electron chi connectivity index (χ2n) is 7.32. The van der Waals surface area contributed by atoms with Gasteiger partial charge in [0.15, 0.2) is 0 Å². The summed E-state index contributed by atoms with van der Waals surface area (Å²) >= 11 is 0. The number of aromatic nitrogens is 1. The van der Waals surface area contributed by atoms with Crippen molar-refractivity contribution in [3.05, 3.63) is 54.0 Å². The molecule has 1 N–H and O–H groups in total. The molecule has 0 spiro atoms. The Balaban J connectivity index is 1.64. The Kier molecular flexibility index (Phi) is 5.41. The van der Waals surface area contributed by atoms with Crippen molar-refractivity contribution >= 4 is 5.91 Å². The van der Waals surface area contributed by atoms with E-state index in [9.17, 15) is 14.3 Å². The van der Waals surface area contributed by atoms with Crippen LogP contribution in [-0.2, 0) is 10.4 Å². The Morgan fingerprint density at radius 2 is 2.08 bits per heavy atom. The Morgan fingerprint density at radius 3 is 2.65 bits per heavy atom. The van der Waals surface area contributed by atoms with Crippen molar-refractivity contribution in [2.45, 2.75) is 44.6 Å². The lowest BCUT2D eigenvalue weighted by Gasteiger charge is -2.39. The highest BCUT2D eigenvalue weighted by Crippen LogP contribution is 2.35. The summed E-state index contributed by atoms with van der Waals surface area (Å²) in [6.07, 6.45) is 3.95. The molecule has 2 aromatic heterocycles. The van der Waals surface area contributed by atoms with Gasteiger partial charge in [-0.15, -0.1) is 0 Å². The van der Waals surface area contributed by atoms with Crippen LogP contribution in [0.2, 0.25) is 0 Å². The van der Waals surface area contributed by atoms with Gasteiger partial charge in [-0.2, -0.15) is 4.39 Å². The minimum absolute atomic E-state index is 0.0223. The third-order valence-electron chi connectivity index (χ3n) is 5.31. The minimum Gasteiger partial charge on any atom is -0.469 e. The molecule has 1 aliphatic rings. The highest BCUT2D eigenvalue weighted by molar-refractivity contribution is 5.77. The standard InChI is InChI=1S/C20H25FN2O3/c1-14(2)15(17-6-4-12-26-17)13-18(24)23-10-7-20(25,8-11-23)16-5-3-9-22-19(16)21/h3-6,9,12,14-15,25H,7-8,10-11,13H2,1-2H3/t15-/m0/s1. The van der Waals surface area contributed by atoms with E-state index in [1.807, 2.05) is 12.1 Å². The van der Waals surface area contributed by atoms with Crippen LogP contribution in [-0.4, -0.2) is 34.0 Å². The fraction of sp³-hybridized carbons (Fsp3) is 0.500. The van der Waals surface area contributed by atoms with Crippen LogP contribution < -0.4 is 0 Å². The number of pyridine rings is 1. The fourth-order valence-corrected chi connectivity index (χ4v) is 3.61. The second-order valence-corrected chi connectivity index (χ2v) is 7.32. The molecular formula is C20H25FN2O3. The molecular weight excluding hydrogens is 335 g/mol. The van der Waals surface area contributed by atoms with E-state index in [4.69, 9.17) is 4.42 Å². The van der Waals surface area contributed by atoms with Gasteiger partial charge >= 0.3 is 0 Å². The zero-order valence-electron chi connectivity index (χ0n) is 15.2. The number of hydrogen-bond donors (Lipinski definition) is 1. The number of piperidine rings is 1. The number of carbonyl (C=O) groups is 1. The average Bonchev–Trinajstić information content (AvgIpc) is 3.14. The zero-order valence-corrected chi connectivity index (χ0v) is 15.2. The molecule has 3 heterocycles. The Morgan fingerprint density at radius 1 is 1.35 bits per heavy atom. The molecule has 0 saturated carbocycles. The van der Waals surface area contributed by atoms with Crippen LogP contribution in [0.15, 0.2) is 41.1 Å². The van der Waals surface area contributed by atoms with Gasteiger partial charge in [-0.1, -0.05) is 19.9 Å². The van der Waals surface area contributed by atoms with Crippen molar-refractivity contribution < 1.29 is 18.7 Å². The number of furan rings is 1. The molecule has 1 fully saturated rings. The summed E-state index contributed by atoms with van der Waals surface area (Å²) in [5.74, 6) is 0.506. The normalized spacial score (nSPS) is 18.1. The summed E-state index contributed by atoms with van der Waals surface area (Å²) in [5, 5.41) is 10.8. The lowest BCUT2D eigenvalue weighted by molar-refractivity contribution is -0.136. The highest BCUT2D eigenvalue weighted by Gasteiger charge is 2.38. The van der Waals surface area contributed by atoms with Crippen LogP contribution >= 0.6 is 0 Å². The molecule has 0 unspecified atom stereocenters. The summed E-state index contributed by atoms with van der Waals surface area (Å²) in [6.45, 7) is 4.93. The maximum Gasteiger partial charge on any atom is 0.223 e. The lowest BCUT2D eigenvalue weighted by atomic mass is 9.84. The third-order valence-corrected chi connectivity index (χ3v) is 5.31. The summed E-state index contributed by atoms with van der Waals surface area (Å²) in [4.78, 5) is 18.1. The Bertz CT molecular complexity index is 737. The predicted octanol–water partition coefficient (Wildman–Crippen LogP) is 3.45. The van der Waals surface area contributed by atoms with E-state index in [1.54, 1.807) is 23.3 Å². The van der Waals surface area contributed by atoms with Gasteiger partial charge in [0.2, 0.25) is 11.9 Å². The van der Waals surface area contributed by atoms with Crippen molar-refractivity contribution in [1.29, 1.82) is 0 Å². The van der Waals surface area contributed by atoms with Crippen LogP contribution in [0.1, 0.15) is 50.4 Å². The molecule has 0 bridgehead atoms. The quantitative estimate of drug-likeness (QED) is 0.830. The second kappa shape index (κ2) is 7.58. The topological polar surface area (TPSA) is 66.6 Å². The summed E-state index contributed by atoms with van der Waals surface area (Å²) in [7, 11) is 0. The first-order valence-electron chi connectivity index (χ1n) is 9.05. The first kappa shape index (κ1) is 18.6. The number of halogens is 1. The van der Waals surface area contributed by atoms with Crippen LogP contribution in [0.4, 0.5) is 4.39 Å². The third kappa shape index (κ3) is 3.80. The number of amides is 1. The van der Waals surface area contributed by atoms with Crippen molar-refractivity contribution in [2.75, 3.05) is 13.1 Å². The lowest BCUT2D eigenvalue weighted by Crippen LogP contribution is -2.46. The summed E-state index contributed by atoms with van der Waals surface area (Å²) in [6, 6.07) is 6.91. The SMILES string of the molecule is CC(C)[C@H](CC(=O)N1CCC(O)(c2cccnc2F)CC1)c1ccco1. The van der Waals surface area contributed by atoms with Gasteiger partial charge in [-0.25, -0.2) is 4.98 Å². The van der Waals surface area contributed by atoms with Crippen molar-refractivity contribution in [1.82, 2.24) is 9.88 Å². The van der Waals surface area contributed by atoms with Crippen molar-refractivity contribution in [3.8, 4) is 0 Å². The predicted molar refractivity (Wildman–Crippen MR) is 94.8 cm³/mol. The van der Waals surface area contributed by atoms with Gasteiger partial charge < -0.3 is 14.4 Å². The maximum absolute atomic E-state index is 13.9. The average molecular weight is 360 g/mol. The molecule has 0 aliphatic carbocycles. The smallest absolute Gasteiger partial charge is 0.223 e. The number of aliphatic hydroxyl groups is 1. The maximum atomic E-state index is 13.9. The van der Waals surface area contributed by atoms with Gasteiger partial charge in [0.05, 0.1) is 11.9 Å². The molecule has 3 rings (SSSR count). The van der Waals surface area contributed by atoms with E-state index in [1.165, 1.54) is 6.20 Å². The number of nitrogens with zero attached hydrogens (tertiary/aromatic N) is 2. The Labute approximate surface area is 152 Å². The molecule has 0 radical (unpaired) electrons. The summed E-state index contributed by atoms with van der Waals surface area (Å²) in [5.41, 5.74) is -1.06. The molecule has 26 heavy (non-hydrogen) atoms. The van der Waals surface area contributed by atoms with Gasteiger partial charge in [0, 0.05) is 37.2 Å². The van der Waals surface area contributed by atoms with E-state index in [2.05, 4.69) is 18.8 Å². The van der Waals surface area contributed by atoms with E-state index in [0.29, 0.717) is 32.4 Å². The van der Waals surface area contributed by atoms with Crippen LogP contribution in [0, 0.1) is 11.9 Å². The molecule has 1 atom stereocenters. The number of hydrogen-bond acceptors (Lipinski definition) is 4. The number of likely N-dealkylation sites (tertiary alicyclic amines) is 1.